The van der Waals surface area contributed by atoms with E-state index < -0.39 is 0 Å². The number of hydrogen-bond donors (Lipinski definition) is 2. The van der Waals surface area contributed by atoms with Gasteiger partial charge in [0.15, 0.2) is 0 Å². The summed E-state index contributed by atoms with van der Waals surface area (Å²) in [5.74, 6) is 0. The van der Waals surface area contributed by atoms with Crippen LogP contribution in [0.25, 0.3) is 0 Å². The fourth-order valence-corrected chi connectivity index (χ4v) is 1.72. The maximum absolute atomic E-state index is 5.11. The van der Waals surface area contributed by atoms with Crippen LogP contribution in [0.1, 0.15) is 16.8 Å². The van der Waals surface area contributed by atoms with Gasteiger partial charge in [0.2, 0.25) is 0 Å². The molecule has 2 aromatic rings. The number of aromatic amines is 1. The Bertz CT molecular complexity index is 440. The van der Waals surface area contributed by atoms with Gasteiger partial charge in [0, 0.05) is 32.1 Å². The van der Waals surface area contributed by atoms with E-state index in [1.807, 2.05) is 6.07 Å². The molecule has 0 spiro atoms. The smallest absolute Gasteiger partial charge is 0.0713 e. The van der Waals surface area contributed by atoms with Crippen molar-refractivity contribution in [2.45, 2.75) is 19.7 Å². The SMILES string of the molecule is COCc1cccc(CNCc2ccn[nH]2)c1. The molecule has 0 radical (unpaired) electrons. The Kier molecular flexibility index (Phi) is 4.30. The molecule has 4 heteroatoms. The molecule has 0 saturated heterocycles. The molecular formula is C13H17N3O. The average molecular weight is 231 g/mol. The van der Waals surface area contributed by atoms with E-state index in [-0.39, 0.29) is 0 Å². The van der Waals surface area contributed by atoms with Crippen molar-refractivity contribution < 1.29 is 4.74 Å². The molecule has 0 aliphatic carbocycles. The molecule has 0 aliphatic heterocycles. The van der Waals surface area contributed by atoms with Gasteiger partial charge >= 0.3 is 0 Å². The highest BCUT2D eigenvalue weighted by Crippen LogP contribution is 2.06. The zero-order valence-corrected chi connectivity index (χ0v) is 9.94. The van der Waals surface area contributed by atoms with Crippen LogP contribution in [0.2, 0.25) is 0 Å². The van der Waals surface area contributed by atoms with Gasteiger partial charge in [-0.25, -0.2) is 0 Å². The Balaban J connectivity index is 1.84. The number of hydrogen-bond acceptors (Lipinski definition) is 3. The van der Waals surface area contributed by atoms with Gasteiger partial charge < -0.3 is 10.1 Å². The predicted molar refractivity (Wildman–Crippen MR) is 66.3 cm³/mol. The van der Waals surface area contributed by atoms with Crippen molar-refractivity contribution in [3.63, 3.8) is 0 Å². The Hall–Kier alpha value is -1.65. The van der Waals surface area contributed by atoms with Crippen LogP contribution in [0.15, 0.2) is 36.5 Å². The first-order valence-electron chi connectivity index (χ1n) is 5.64. The Morgan fingerprint density at radius 1 is 1.24 bits per heavy atom. The van der Waals surface area contributed by atoms with E-state index in [4.69, 9.17) is 4.74 Å². The lowest BCUT2D eigenvalue weighted by Crippen LogP contribution is -2.13. The third kappa shape index (κ3) is 3.69. The number of nitrogens with one attached hydrogen (secondary N) is 2. The van der Waals surface area contributed by atoms with Crippen LogP contribution in [0.4, 0.5) is 0 Å². The molecular weight excluding hydrogens is 214 g/mol. The van der Waals surface area contributed by atoms with Gasteiger partial charge in [-0.3, -0.25) is 5.10 Å². The molecule has 4 nitrogen and oxygen atoms in total. The molecule has 2 rings (SSSR count). The van der Waals surface area contributed by atoms with Crippen LogP contribution in [0.3, 0.4) is 0 Å². The Morgan fingerprint density at radius 3 is 2.88 bits per heavy atom. The second-order valence-electron chi connectivity index (χ2n) is 3.94. The number of rotatable bonds is 6. The highest BCUT2D eigenvalue weighted by atomic mass is 16.5. The lowest BCUT2D eigenvalue weighted by Gasteiger charge is -2.06. The Labute approximate surface area is 101 Å². The molecule has 1 aromatic carbocycles. The zero-order chi connectivity index (χ0) is 11.9. The lowest BCUT2D eigenvalue weighted by atomic mass is 10.1. The van der Waals surface area contributed by atoms with Crippen molar-refractivity contribution in [1.29, 1.82) is 0 Å². The van der Waals surface area contributed by atoms with Crippen LogP contribution in [0.5, 0.6) is 0 Å². The molecule has 17 heavy (non-hydrogen) atoms. The van der Waals surface area contributed by atoms with Crippen LogP contribution in [-0.2, 0) is 24.4 Å². The molecule has 0 saturated carbocycles. The fourth-order valence-electron chi connectivity index (χ4n) is 1.72. The molecule has 2 N–H and O–H groups in total. The van der Waals surface area contributed by atoms with Crippen molar-refractivity contribution in [3.05, 3.63) is 53.3 Å². The van der Waals surface area contributed by atoms with Crippen LogP contribution in [-0.4, -0.2) is 17.3 Å². The fraction of sp³-hybridized carbons (Fsp3) is 0.308. The van der Waals surface area contributed by atoms with E-state index in [9.17, 15) is 0 Å². The Morgan fingerprint density at radius 2 is 2.12 bits per heavy atom. The number of methoxy groups -OCH3 is 1. The number of benzene rings is 1. The number of ether oxygens (including phenoxy) is 1. The van der Waals surface area contributed by atoms with Crippen LogP contribution >= 0.6 is 0 Å². The summed E-state index contributed by atoms with van der Waals surface area (Å²) in [4.78, 5) is 0. The van der Waals surface area contributed by atoms with Crippen molar-refractivity contribution in [2.24, 2.45) is 0 Å². The highest BCUT2D eigenvalue weighted by Gasteiger charge is 1.97. The summed E-state index contributed by atoms with van der Waals surface area (Å²) in [6.07, 6.45) is 1.76. The third-order valence-corrected chi connectivity index (χ3v) is 2.51. The van der Waals surface area contributed by atoms with Gasteiger partial charge in [-0.15, -0.1) is 0 Å². The van der Waals surface area contributed by atoms with E-state index in [0.717, 1.165) is 18.8 Å². The molecule has 90 valence electrons. The van der Waals surface area contributed by atoms with E-state index >= 15 is 0 Å². The van der Waals surface area contributed by atoms with Crippen molar-refractivity contribution in [1.82, 2.24) is 15.5 Å². The van der Waals surface area contributed by atoms with Crippen molar-refractivity contribution in [3.8, 4) is 0 Å². The molecule has 0 fully saturated rings. The molecule has 0 amide bonds. The summed E-state index contributed by atoms with van der Waals surface area (Å²) >= 11 is 0. The molecule has 0 bridgehead atoms. The molecule has 1 aromatic heterocycles. The quantitative estimate of drug-likeness (QED) is 0.797. The van der Waals surface area contributed by atoms with E-state index in [1.165, 1.54) is 11.1 Å². The van der Waals surface area contributed by atoms with E-state index in [2.05, 4.69) is 39.8 Å². The van der Waals surface area contributed by atoms with Gasteiger partial charge in [-0.1, -0.05) is 24.3 Å². The third-order valence-electron chi connectivity index (χ3n) is 2.51. The summed E-state index contributed by atoms with van der Waals surface area (Å²) in [7, 11) is 1.71. The monoisotopic (exact) mass is 231 g/mol. The van der Waals surface area contributed by atoms with Gasteiger partial charge in [-0.2, -0.15) is 5.10 Å². The van der Waals surface area contributed by atoms with Gasteiger partial charge in [0.1, 0.15) is 0 Å². The van der Waals surface area contributed by atoms with Crippen molar-refractivity contribution >= 4 is 0 Å². The minimum atomic E-state index is 0.661. The van der Waals surface area contributed by atoms with Gasteiger partial charge in [0.05, 0.1) is 6.61 Å². The molecule has 1 heterocycles. The first-order chi connectivity index (χ1) is 8.38. The number of aromatic nitrogens is 2. The number of nitrogens with zero attached hydrogens (tertiary/aromatic N) is 1. The molecule has 0 aliphatic rings. The average Bonchev–Trinajstić information content (AvgIpc) is 2.83. The normalized spacial score (nSPS) is 10.6. The molecule has 0 atom stereocenters. The van der Waals surface area contributed by atoms with Gasteiger partial charge in [-0.05, 0) is 17.2 Å². The topological polar surface area (TPSA) is 49.9 Å². The van der Waals surface area contributed by atoms with Crippen LogP contribution < -0.4 is 5.32 Å². The highest BCUT2D eigenvalue weighted by molar-refractivity contribution is 5.22. The first kappa shape index (κ1) is 11.8. The summed E-state index contributed by atoms with van der Waals surface area (Å²) in [5.41, 5.74) is 3.56. The van der Waals surface area contributed by atoms with E-state index in [0.29, 0.717) is 6.61 Å². The summed E-state index contributed by atoms with van der Waals surface area (Å²) in [6, 6.07) is 10.4. The van der Waals surface area contributed by atoms with Crippen LogP contribution in [0, 0.1) is 0 Å². The maximum atomic E-state index is 5.11. The summed E-state index contributed by atoms with van der Waals surface area (Å²) in [6.45, 7) is 2.31. The zero-order valence-electron chi connectivity index (χ0n) is 9.94. The first-order valence-corrected chi connectivity index (χ1v) is 5.64. The minimum absolute atomic E-state index is 0.661. The predicted octanol–water partition coefficient (Wildman–Crippen LogP) is 1.85. The largest absolute Gasteiger partial charge is 0.380 e. The molecule has 0 unspecified atom stereocenters. The number of H-pyrrole nitrogens is 1. The second-order valence-corrected chi connectivity index (χ2v) is 3.94. The lowest BCUT2D eigenvalue weighted by molar-refractivity contribution is 0.185. The summed E-state index contributed by atoms with van der Waals surface area (Å²) in [5, 5.41) is 10.2. The van der Waals surface area contributed by atoms with E-state index in [1.54, 1.807) is 13.3 Å². The van der Waals surface area contributed by atoms with Gasteiger partial charge in [0.25, 0.3) is 0 Å². The standard InChI is InChI=1S/C13H17N3O/c1-17-10-12-4-2-3-11(7-12)8-14-9-13-5-6-15-16-13/h2-7,14H,8-10H2,1H3,(H,15,16). The maximum Gasteiger partial charge on any atom is 0.0713 e. The second kappa shape index (κ2) is 6.18. The minimum Gasteiger partial charge on any atom is -0.380 e. The summed E-state index contributed by atoms with van der Waals surface area (Å²) < 4.78 is 5.11. The van der Waals surface area contributed by atoms with Crippen molar-refractivity contribution in [2.75, 3.05) is 7.11 Å².